The Bertz CT molecular complexity index is 374. The molecular weight excluding hydrogens is 202 g/mol. The SMILES string of the molecule is CNCC(C)(O)c1cccc2c1OCCC2. The van der Waals surface area contributed by atoms with Gasteiger partial charge in [-0.05, 0) is 32.4 Å². The molecule has 0 saturated heterocycles. The van der Waals surface area contributed by atoms with Gasteiger partial charge >= 0.3 is 0 Å². The fraction of sp³-hybridized carbons (Fsp3) is 0.538. The van der Waals surface area contributed by atoms with Crippen molar-refractivity contribution in [2.75, 3.05) is 20.2 Å². The molecule has 3 nitrogen and oxygen atoms in total. The van der Waals surface area contributed by atoms with Crippen molar-refractivity contribution >= 4 is 0 Å². The minimum Gasteiger partial charge on any atom is -0.493 e. The normalized spacial score (nSPS) is 18.4. The van der Waals surface area contributed by atoms with E-state index in [1.54, 1.807) is 0 Å². The lowest BCUT2D eigenvalue weighted by Gasteiger charge is -2.29. The molecule has 0 aromatic heterocycles. The molecule has 3 heteroatoms. The van der Waals surface area contributed by atoms with Gasteiger partial charge in [0.2, 0.25) is 0 Å². The third kappa shape index (κ3) is 2.06. The van der Waals surface area contributed by atoms with E-state index in [9.17, 15) is 5.11 Å². The number of rotatable bonds is 3. The van der Waals surface area contributed by atoms with E-state index in [-0.39, 0.29) is 0 Å². The van der Waals surface area contributed by atoms with Crippen molar-refractivity contribution < 1.29 is 9.84 Å². The van der Waals surface area contributed by atoms with E-state index < -0.39 is 5.60 Å². The quantitative estimate of drug-likeness (QED) is 0.811. The van der Waals surface area contributed by atoms with Crippen LogP contribution >= 0.6 is 0 Å². The molecule has 0 saturated carbocycles. The zero-order valence-electron chi connectivity index (χ0n) is 9.92. The van der Waals surface area contributed by atoms with E-state index in [0.717, 1.165) is 30.8 Å². The molecule has 0 radical (unpaired) electrons. The van der Waals surface area contributed by atoms with Crippen LogP contribution in [0.5, 0.6) is 5.75 Å². The first-order valence-corrected chi connectivity index (χ1v) is 5.77. The lowest BCUT2D eigenvalue weighted by Crippen LogP contribution is -2.34. The van der Waals surface area contributed by atoms with Crippen molar-refractivity contribution in [1.29, 1.82) is 0 Å². The molecule has 0 bridgehead atoms. The molecule has 16 heavy (non-hydrogen) atoms. The topological polar surface area (TPSA) is 41.5 Å². The Morgan fingerprint density at radius 3 is 3.06 bits per heavy atom. The first-order chi connectivity index (χ1) is 7.65. The summed E-state index contributed by atoms with van der Waals surface area (Å²) in [7, 11) is 1.84. The van der Waals surface area contributed by atoms with Crippen LogP contribution in [-0.2, 0) is 12.0 Å². The summed E-state index contributed by atoms with van der Waals surface area (Å²) in [5, 5.41) is 13.4. The van der Waals surface area contributed by atoms with Crippen LogP contribution in [0.25, 0.3) is 0 Å². The van der Waals surface area contributed by atoms with Crippen molar-refractivity contribution in [2.45, 2.75) is 25.4 Å². The molecule has 1 unspecified atom stereocenters. The molecule has 1 heterocycles. The van der Waals surface area contributed by atoms with Crippen LogP contribution in [0, 0.1) is 0 Å². The van der Waals surface area contributed by atoms with E-state index in [1.807, 2.05) is 26.1 Å². The minimum atomic E-state index is -0.878. The maximum atomic E-state index is 10.4. The van der Waals surface area contributed by atoms with Gasteiger partial charge in [0.1, 0.15) is 11.4 Å². The highest BCUT2D eigenvalue weighted by Crippen LogP contribution is 2.35. The number of hydrogen-bond acceptors (Lipinski definition) is 3. The fourth-order valence-corrected chi connectivity index (χ4v) is 2.25. The van der Waals surface area contributed by atoms with Crippen molar-refractivity contribution in [3.05, 3.63) is 29.3 Å². The summed E-state index contributed by atoms with van der Waals surface area (Å²) in [6, 6.07) is 6.02. The number of aryl methyl sites for hydroxylation is 1. The highest BCUT2D eigenvalue weighted by Gasteiger charge is 2.28. The smallest absolute Gasteiger partial charge is 0.128 e. The van der Waals surface area contributed by atoms with Crippen LogP contribution in [0.3, 0.4) is 0 Å². The standard InChI is InChI=1S/C13H19NO2/c1-13(15,9-14-2)11-7-3-5-10-6-4-8-16-12(10)11/h3,5,7,14-15H,4,6,8-9H2,1-2H3. The number of benzene rings is 1. The predicted octanol–water partition coefficient (Wildman–Crippen LogP) is 1.44. The van der Waals surface area contributed by atoms with Gasteiger partial charge in [0.25, 0.3) is 0 Å². The van der Waals surface area contributed by atoms with Gasteiger partial charge in [-0.3, -0.25) is 0 Å². The number of likely N-dealkylation sites (N-methyl/N-ethyl adjacent to an activating group) is 1. The van der Waals surface area contributed by atoms with Gasteiger partial charge in [-0.15, -0.1) is 0 Å². The number of hydrogen-bond donors (Lipinski definition) is 2. The molecular formula is C13H19NO2. The van der Waals surface area contributed by atoms with E-state index in [0.29, 0.717) is 6.54 Å². The molecule has 2 rings (SSSR count). The maximum absolute atomic E-state index is 10.4. The molecule has 1 aromatic rings. The average Bonchev–Trinajstić information content (AvgIpc) is 2.28. The highest BCUT2D eigenvalue weighted by atomic mass is 16.5. The van der Waals surface area contributed by atoms with E-state index >= 15 is 0 Å². The predicted molar refractivity (Wildman–Crippen MR) is 63.8 cm³/mol. The highest BCUT2D eigenvalue weighted by molar-refractivity contribution is 5.45. The van der Waals surface area contributed by atoms with Crippen LogP contribution in [0.15, 0.2) is 18.2 Å². The number of fused-ring (bicyclic) bond motifs is 1. The first kappa shape index (κ1) is 11.4. The number of para-hydroxylation sites is 1. The third-order valence-corrected chi connectivity index (χ3v) is 3.03. The van der Waals surface area contributed by atoms with E-state index in [2.05, 4.69) is 11.4 Å². The molecule has 1 aromatic carbocycles. The molecule has 0 aliphatic carbocycles. The summed E-state index contributed by atoms with van der Waals surface area (Å²) >= 11 is 0. The van der Waals surface area contributed by atoms with Gasteiger partial charge in [-0.2, -0.15) is 0 Å². The Hall–Kier alpha value is -1.06. The van der Waals surface area contributed by atoms with E-state index in [1.165, 1.54) is 5.56 Å². The van der Waals surface area contributed by atoms with E-state index in [4.69, 9.17) is 4.74 Å². The Morgan fingerprint density at radius 2 is 2.31 bits per heavy atom. The first-order valence-electron chi connectivity index (χ1n) is 5.77. The number of nitrogens with one attached hydrogen (secondary N) is 1. The molecule has 0 amide bonds. The average molecular weight is 221 g/mol. The summed E-state index contributed by atoms with van der Waals surface area (Å²) in [6.45, 7) is 3.09. The second-order valence-corrected chi connectivity index (χ2v) is 4.55. The van der Waals surface area contributed by atoms with Gasteiger partial charge in [0.05, 0.1) is 6.61 Å². The van der Waals surface area contributed by atoms with Gasteiger partial charge in [0, 0.05) is 12.1 Å². The summed E-state index contributed by atoms with van der Waals surface area (Å²) in [6.07, 6.45) is 2.10. The zero-order valence-corrected chi connectivity index (χ0v) is 9.92. The van der Waals surface area contributed by atoms with Crippen molar-refractivity contribution in [3.8, 4) is 5.75 Å². The molecule has 0 spiro atoms. The molecule has 88 valence electrons. The van der Waals surface area contributed by atoms with Crippen LogP contribution in [0.1, 0.15) is 24.5 Å². The van der Waals surface area contributed by atoms with Gasteiger partial charge in [-0.1, -0.05) is 18.2 Å². The van der Waals surface area contributed by atoms with Gasteiger partial charge in [-0.25, -0.2) is 0 Å². The Kier molecular flexibility index (Phi) is 3.17. The Labute approximate surface area is 96.4 Å². The van der Waals surface area contributed by atoms with Crippen molar-refractivity contribution in [3.63, 3.8) is 0 Å². The van der Waals surface area contributed by atoms with Crippen LogP contribution < -0.4 is 10.1 Å². The summed E-state index contributed by atoms with van der Waals surface area (Å²) in [5.74, 6) is 0.883. The summed E-state index contributed by atoms with van der Waals surface area (Å²) in [4.78, 5) is 0. The zero-order chi connectivity index (χ0) is 11.6. The Balaban J connectivity index is 2.40. The third-order valence-electron chi connectivity index (χ3n) is 3.03. The van der Waals surface area contributed by atoms with Gasteiger partial charge < -0.3 is 15.2 Å². The van der Waals surface area contributed by atoms with Gasteiger partial charge in [0.15, 0.2) is 0 Å². The van der Waals surface area contributed by atoms with Crippen LogP contribution in [0.4, 0.5) is 0 Å². The second-order valence-electron chi connectivity index (χ2n) is 4.55. The van der Waals surface area contributed by atoms with Crippen molar-refractivity contribution in [1.82, 2.24) is 5.32 Å². The van der Waals surface area contributed by atoms with Crippen LogP contribution in [-0.4, -0.2) is 25.3 Å². The molecule has 2 N–H and O–H groups in total. The lowest BCUT2D eigenvalue weighted by atomic mass is 9.91. The van der Waals surface area contributed by atoms with Crippen molar-refractivity contribution in [2.24, 2.45) is 0 Å². The number of aliphatic hydroxyl groups is 1. The number of ether oxygens (including phenoxy) is 1. The van der Waals surface area contributed by atoms with Crippen LogP contribution in [0.2, 0.25) is 0 Å². The molecule has 1 aliphatic heterocycles. The monoisotopic (exact) mass is 221 g/mol. The molecule has 1 atom stereocenters. The fourth-order valence-electron chi connectivity index (χ4n) is 2.25. The Morgan fingerprint density at radius 1 is 1.50 bits per heavy atom. The second kappa shape index (κ2) is 4.44. The molecule has 0 fully saturated rings. The summed E-state index contributed by atoms with van der Waals surface area (Å²) < 4.78 is 5.70. The largest absolute Gasteiger partial charge is 0.493 e. The molecule has 1 aliphatic rings. The lowest BCUT2D eigenvalue weighted by molar-refractivity contribution is 0.0550. The minimum absolute atomic E-state index is 0.521. The summed E-state index contributed by atoms with van der Waals surface area (Å²) in [5.41, 5.74) is 1.22. The maximum Gasteiger partial charge on any atom is 0.128 e.